The number of ether oxygens (including phenoxy) is 3. The Balaban J connectivity index is 1.16. The van der Waals surface area contributed by atoms with Crippen LogP contribution in [0.5, 0.6) is 11.5 Å². The van der Waals surface area contributed by atoms with E-state index in [2.05, 4.69) is 24.1 Å². The number of hydrogen-bond donors (Lipinski definition) is 1. The molecule has 11 heteroatoms. The van der Waals surface area contributed by atoms with Crippen LogP contribution in [0, 0.1) is 5.92 Å². The molecule has 1 aromatic rings. The third-order valence-corrected chi connectivity index (χ3v) is 9.07. The molecule has 2 saturated heterocycles. The van der Waals surface area contributed by atoms with Crippen LogP contribution in [0.2, 0.25) is 0 Å². The molecule has 1 aliphatic carbocycles. The van der Waals surface area contributed by atoms with Crippen LogP contribution in [-0.2, 0) is 20.9 Å². The van der Waals surface area contributed by atoms with Gasteiger partial charge >= 0.3 is 6.09 Å². The van der Waals surface area contributed by atoms with Crippen molar-refractivity contribution >= 4 is 23.8 Å². The topological polar surface area (TPSA) is 118 Å². The first kappa shape index (κ1) is 31.1. The average molecular weight is 599 g/mol. The summed E-state index contributed by atoms with van der Waals surface area (Å²) in [6, 6.07) is 3.68. The molecule has 3 fully saturated rings. The predicted molar refractivity (Wildman–Crippen MR) is 159 cm³/mol. The van der Waals surface area contributed by atoms with Crippen LogP contribution >= 0.6 is 0 Å². The molecule has 1 N–H and O–H groups in total. The van der Waals surface area contributed by atoms with Crippen molar-refractivity contribution in [1.29, 1.82) is 0 Å². The summed E-state index contributed by atoms with van der Waals surface area (Å²) in [6.45, 7) is 12.8. The molecule has 5 rings (SSSR count). The fraction of sp³-hybridized carbons (Fsp3) is 0.688. The van der Waals surface area contributed by atoms with E-state index >= 15 is 0 Å². The number of nitrogens with one attached hydrogen (secondary N) is 1. The normalized spacial score (nSPS) is 24.7. The molecule has 1 saturated carbocycles. The van der Waals surface area contributed by atoms with Crippen LogP contribution in [0.3, 0.4) is 0 Å². The molecular formula is C32H46N4O7. The fourth-order valence-electron chi connectivity index (χ4n) is 6.70. The van der Waals surface area contributed by atoms with E-state index in [1.165, 1.54) is 4.90 Å². The van der Waals surface area contributed by atoms with Gasteiger partial charge < -0.3 is 24.0 Å². The smallest absolute Gasteiger partial charge is 0.410 e. The molecule has 1 atom stereocenters. The molecular weight excluding hydrogens is 552 g/mol. The SMILES string of the molecule is COc1c(OC2CC(N(CC3CCN(C(=O)OC(C)(C)C)CC3)C(C)C)C2)ccc2c1CN(C1CCC(=O)NC1=O)C2=O. The number of hydrogen-bond acceptors (Lipinski definition) is 8. The summed E-state index contributed by atoms with van der Waals surface area (Å²) in [6.07, 6.45) is 4.08. The summed E-state index contributed by atoms with van der Waals surface area (Å²) < 4.78 is 17.7. The van der Waals surface area contributed by atoms with Crippen LogP contribution in [0.25, 0.3) is 0 Å². The van der Waals surface area contributed by atoms with Gasteiger partial charge in [0.15, 0.2) is 11.5 Å². The molecule has 0 spiro atoms. The number of amides is 4. The van der Waals surface area contributed by atoms with Crippen LogP contribution in [-0.4, -0.2) is 95.1 Å². The maximum absolute atomic E-state index is 13.2. The number of carbonyl (C=O) groups is 4. The molecule has 4 aliphatic rings. The molecule has 43 heavy (non-hydrogen) atoms. The van der Waals surface area contributed by atoms with Gasteiger partial charge in [-0.05, 0) is 71.9 Å². The molecule has 3 aliphatic heterocycles. The number of piperidine rings is 2. The third kappa shape index (κ3) is 6.76. The molecule has 11 nitrogen and oxygen atoms in total. The van der Waals surface area contributed by atoms with E-state index < -0.39 is 17.6 Å². The zero-order valence-electron chi connectivity index (χ0n) is 26.3. The zero-order valence-corrected chi connectivity index (χ0v) is 26.3. The second-order valence-corrected chi connectivity index (χ2v) is 13.6. The summed E-state index contributed by atoms with van der Waals surface area (Å²) >= 11 is 0. The second-order valence-electron chi connectivity index (χ2n) is 13.6. The van der Waals surface area contributed by atoms with E-state index in [1.807, 2.05) is 25.7 Å². The largest absolute Gasteiger partial charge is 0.492 e. The van der Waals surface area contributed by atoms with Gasteiger partial charge in [0.25, 0.3) is 5.91 Å². The van der Waals surface area contributed by atoms with Crippen LogP contribution in [0.1, 0.15) is 89.1 Å². The van der Waals surface area contributed by atoms with Crippen molar-refractivity contribution in [2.45, 2.75) is 110 Å². The summed E-state index contributed by atoms with van der Waals surface area (Å²) in [4.78, 5) is 55.6. The van der Waals surface area contributed by atoms with Crippen LogP contribution in [0.15, 0.2) is 12.1 Å². The Kier molecular flexibility index (Phi) is 8.92. The quantitative estimate of drug-likeness (QED) is 0.450. The highest BCUT2D eigenvalue weighted by Gasteiger charge is 2.42. The van der Waals surface area contributed by atoms with Crippen LogP contribution < -0.4 is 14.8 Å². The number of benzene rings is 1. The zero-order chi connectivity index (χ0) is 31.1. The lowest BCUT2D eigenvalue weighted by atomic mass is 9.85. The number of fused-ring (bicyclic) bond motifs is 1. The van der Waals surface area contributed by atoms with Crippen molar-refractivity contribution < 1.29 is 33.4 Å². The maximum atomic E-state index is 13.2. The Labute approximate surface area is 254 Å². The van der Waals surface area contributed by atoms with Crippen LogP contribution in [0.4, 0.5) is 4.79 Å². The van der Waals surface area contributed by atoms with E-state index in [0.29, 0.717) is 47.0 Å². The van der Waals surface area contributed by atoms with Gasteiger partial charge in [-0.15, -0.1) is 0 Å². The maximum Gasteiger partial charge on any atom is 0.410 e. The third-order valence-electron chi connectivity index (χ3n) is 9.07. The lowest BCUT2D eigenvalue weighted by Crippen LogP contribution is -2.54. The minimum atomic E-state index is -0.675. The van der Waals surface area contributed by atoms with Crippen molar-refractivity contribution in [3.8, 4) is 11.5 Å². The molecule has 4 amide bonds. The minimum absolute atomic E-state index is 0.0376. The van der Waals surface area contributed by atoms with Crippen molar-refractivity contribution in [3.05, 3.63) is 23.3 Å². The summed E-state index contributed by atoms with van der Waals surface area (Å²) in [5.74, 6) is 0.689. The Morgan fingerprint density at radius 2 is 1.79 bits per heavy atom. The fourth-order valence-corrected chi connectivity index (χ4v) is 6.70. The minimum Gasteiger partial charge on any atom is -0.492 e. The first-order valence-corrected chi connectivity index (χ1v) is 15.6. The Hall–Kier alpha value is -3.34. The standard InChI is InChI=1S/C32H46N4O7/c1-19(2)35(17-20-11-13-34(14-12-20)31(40)43-32(3,4)5)21-15-22(16-21)42-26-9-7-23-24(28(26)41-6)18-36(30(23)39)25-8-10-27(37)33-29(25)38/h7,9,19-22,25H,8,10-18H2,1-6H3,(H,33,37,38). The number of carbonyl (C=O) groups excluding carboxylic acids is 4. The molecule has 1 unspecified atom stereocenters. The van der Waals surface area contributed by atoms with Gasteiger partial charge in [0.05, 0.1) is 13.7 Å². The Morgan fingerprint density at radius 1 is 1.09 bits per heavy atom. The monoisotopic (exact) mass is 598 g/mol. The van der Waals surface area contributed by atoms with Gasteiger partial charge in [-0.2, -0.15) is 0 Å². The van der Waals surface area contributed by atoms with Gasteiger partial charge in [0.2, 0.25) is 11.8 Å². The summed E-state index contributed by atoms with van der Waals surface area (Å²) in [7, 11) is 1.57. The van der Waals surface area contributed by atoms with Gasteiger partial charge in [-0.1, -0.05) is 0 Å². The van der Waals surface area contributed by atoms with Gasteiger partial charge in [-0.25, -0.2) is 4.79 Å². The second kappa shape index (κ2) is 12.3. The lowest BCUT2D eigenvalue weighted by Gasteiger charge is -2.46. The number of nitrogens with zero attached hydrogens (tertiary/aromatic N) is 3. The van der Waals surface area contributed by atoms with E-state index in [1.54, 1.807) is 19.2 Å². The first-order valence-electron chi connectivity index (χ1n) is 15.6. The first-order chi connectivity index (χ1) is 20.3. The van der Waals surface area contributed by atoms with Crippen molar-refractivity contribution in [3.63, 3.8) is 0 Å². The molecule has 0 bridgehead atoms. The average Bonchev–Trinajstić information content (AvgIpc) is 3.24. The van der Waals surface area contributed by atoms with E-state index in [9.17, 15) is 19.2 Å². The predicted octanol–water partition coefficient (Wildman–Crippen LogP) is 3.72. The molecule has 236 valence electrons. The van der Waals surface area contributed by atoms with Crippen molar-refractivity contribution in [1.82, 2.24) is 20.0 Å². The molecule has 0 aromatic heterocycles. The highest BCUT2D eigenvalue weighted by Crippen LogP contribution is 2.42. The highest BCUT2D eigenvalue weighted by molar-refractivity contribution is 6.05. The Morgan fingerprint density at radius 3 is 2.40 bits per heavy atom. The van der Waals surface area contributed by atoms with Crippen molar-refractivity contribution in [2.75, 3.05) is 26.7 Å². The van der Waals surface area contributed by atoms with Crippen molar-refractivity contribution in [2.24, 2.45) is 5.92 Å². The number of imide groups is 1. The van der Waals surface area contributed by atoms with E-state index in [0.717, 1.165) is 45.3 Å². The number of methoxy groups -OCH3 is 1. The van der Waals surface area contributed by atoms with Gasteiger partial charge in [-0.3, -0.25) is 24.6 Å². The summed E-state index contributed by atoms with van der Waals surface area (Å²) in [5, 5.41) is 2.34. The lowest BCUT2D eigenvalue weighted by molar-refractivity contribution is -0.136. The number of rotatable bonds is 8. The number of likely N-dealkylation sites (tertiary alicyclic amines) is 1. The summed E-state index contributed by atoms with van der Waals surface area (Å²) in [5.41, 5.74) is 0.735. The van der Waals surface area contributed by atoms with Gasteiger partial charge in [0.1, 0.15) is 17.7 Å². The molecule has 0 radical (unpaired) electrons. The van der Waals surface area contributed by atoms with E-state index in [-0.39, 0.29) is 37.0 Å². The highest BCUT2D eigenvalue weighted by atomic mass is 16.6. The van der Waals surface area contributed by atoms with Gasteiger partial charge in [0, 0.05) is 62.1 Å². The molecule has 1 aromatic carbocycles. The molecule has 3 heterocycles. The Bertz CT molecular complexity index is 1240. The van der Waals surface area contributed by atoms with E-state index in [4.69, 9.17) is 14.2 Å².